The molecule has 0 aliphatic rings. The van der Waals surface area contributed by atoms with Crippen LogP contribution in [0.3, 0.4) is 0 Å². The summed E-state index contributed by atoms with van der Waals surface area (Å²) < 4.78 is 13.7. The standard InChI is InChI=1S/C13H14BrFN2S/c1-8-7-18-13(17-8)6-12(16-2)9-3-4-11(15)10(14)5-9/h3-5,7,12,16H,6H2,1-2H3. The van der Waals surface area contributed by atoms with Crippen molar-refractivity contribution in [2.75, 3.05) is 7.05 Å². The number of hydrogen-bond acceptors (Lipinski definition) is 3. The molecule has 0 spiro atoms. The van der Waals surface area contributed by atoms with E-state index in [2.05, 4.69) is 26.2 Å². The third-order valence-electron chi connectivity index (χ3n) is 2.74. The number of aryl methyl sites for hydroxylation is 1. The molecule has 1 N–H and O–H groups in total. The molecule has 0 aliphatic heterocycles. The monoisotopic (exact) mass is 328 g/mol. The minimum Gasteiger partial charge on any atom is -0.313 e. The molecule has 0 fully saturated rings. The molecule has 1 unspecified atom stereocenters. The van der Waals surface area contributed by atoms with Gasteiger partial charge < -0.3 is 5.32 Å². The molecular weight excluding hydrogens is 315 g/mol. The molecule has 0 saturated heterocycles. The van der Waals surface area contributed by atoms with Crippen LogP contribution in [0.2, 0.25) is 0 Å². The molecular formula is C13H14BrFN2S. The van der Waals surface area contributed by atoms with E-state index in [0.29, 0.717) is 4.47 Å². The van der Waals surface area contributed by atoms with Crippen molar-refractivity contribution in [3.63, 3.8) is 0 Å². The predicted octanol–water partition coefficient (Wildman–Crippen LogP) is 3.86. The average molecular weight is 329 g/mol. The molecule has 2 rings (SSSR count). The fourth-order valence-corrected chi connectivity index (χ4v) is 3.00. The van der Waals surface area contributed by atoms with E-state index in [9.17, 15) is 4.39 Å². The second-order valence-corrected chi connectivity index (χ2v) is 5.90. The summed E-state index contributed by atoms with van der Waals surface area (Å²) in [6, 6.07) is 5.25. The van der Waals surface area contributed by atoms with Crippen LogP contribution >= 0.6 is 27.3 Å². The SMILES string of the molecule is CNC(Cc1nc(C)cs1)c1ccc(F)c(Br)c1. The van der Waals surface area contributed by atoms with Gasteiger partial charge in [0.2, 0.25) is 0 Å². The first kappa shape index (κ1) is 13.6. The highest BCUT2D eigenvalue weighted by Crippen LogP contribution is 2.24. The van der Waals surface area contributed by atoms with Crippen molar-refractivity contribution in [2.24, 2.45) is 0 Å². The van der Waals surface area contributed by atoms with E-state index in [0.717, 1.165) is 22.7 Å². The molecule has 1 aromatic carbocycles. The van der Waals surface area contributed by atoms with Crippen LogP contribution < -0.4 is 5.32 Å². The van der Waals surface area contributed by atoms with E-state index in [4.69, 9.17) is 0 Å². The summed E-state index contributed by atoms with van der Waals surface area (Å²) in [5.74, 6) is -0.237. The van der Waals surface area contributed by atoms with Gasteiger partial charge in [0.25, 0.3) is 0 Å². The highest BCUT2D eigenvalue weighted by atomic mass is 79.9. The molecule has 0 bridgehead atoms. The molecule has 0 aliphatic carbocycles. The van der Waals surface area contributed by atoms with Gasteiger partial charge in [0.05, 0.1) is 9.48 Å². The molecule has 96 valence electrons. The fourth-order valence-electron chi connectivity index (χ4n) is 1.79. The van der Waals surface area contributed by atoms with Crippen LogP contribution in [0.15, 0.2) is 28.1 Å². The van der Waals surface area contributed by atoms with Crippen LogP contribution in [-0.4, -0.2) is 12.0 Å². The van der Waals surface area contributed by atoms with E-state index in [1.54, 1.807) is 11.3 Å². The Balaban J connectivity index is 2.19. The molecule has 0 radical (unpaired) electrons. The summed E-state index contributed by atoms with van der Waals surface area (Å²) >= 11 is 4.88. The third kappa shape index (κ3) is 3.16. The van der Waals surface area contributed by atoms with Crippen LogP contribution in [0.25, 0.3) is 0 Å². The second-order valence-electron chi connectivity index (χ2n) is 4.10. The number of hydrogen-bond donors (Lipinski definition) is 1. The maximum atomic E-state index is 13.2. The van der Waals surface area contributed by atoms with Crippen LogP contribution in [0.5, 0.6) is 0 Å². The number of rotatable bonds is 4. The number of nitrogens with zero attached hydrogens (tertiary/aromatic N) is 1. The van der Waals surface area contributed by atoms with Gasteiger partial charge >= 0.3 is 0 Å². The Morgan fingerprint density at radius 2 is 2.28 bits per heavy atom. The Morgan fingerprint density at radius 1 is 1.50 bits per heavy atom. The zero-order chi connectivity index (χ0) is 13.1. The molecule has 1 atom stereocenters. The van der Waals surface area contributed by atoms with Gasteiger partial charge in [0.15, 0.2) is 0 Å². The normalized spacial score (nSPS) is 12.7. The third-order valence-corrected chi connectivity index (χ3v) is 4.34. The van der Waals surface area contributed by atoms with Gasteiger partial charge in [-0.05, 0) is 47.6 Å². The molecule has 0 amide bonds. The van der Waals surface area contributed by atoms with E-state index >= 15 is 0 Å². The summed E-state index contributed by atoms with van der Waals surface area (Å²) in [6.07, 6.45) is 0.813. The first-order valence-corrected chi connectivity index (χ1v) is 7.30. The lowest BCUT2D eigenvalue weighted by molar-refractivity contribution is 0.582. The van der Waals surface area contributed by atoms with Gasteiger partial charge in [-0.3, -0.25) is 0 Å². The van der Waals surface area contributed by atoms with Gasteiger partial charge in [-0.2, -0.15) is 0 Å². The Labute approximate surface area is 118 Å². The van der Waals surface area contributed by atoms with Crippen molar-refractivity contribution in [1.82, 2.24) is 10.3 Å². The Morgan fingerprint density at radius 3 is 2.83 bits per heavy atom. The fraction of sp³-hybridized carbons (Fsp3) is 0.308. The van der Waals surface area contributed by atoms with Crippen molar-refractivity contribution >= 4 is 27.3 Å². The number of thiazole rings is 1. The van der Waals surface area contributed by atoms with Gasteiger partial charge in [-0.15, -0.1) is 11.3 Å². The van der Waals surface area contributed by atoms with Crippen molar-refractivity contribution in [3.05, 3.63) is 50.1 Å². The number of nitrogens with one attached hydrogen (secondary N) is 1. The van der Waals surface area contributed by atoms with Gasteiger partial charge in [0, 0.05) is 23.5 Å². The van der Waals surface area contributed by atoms with Gasteiger partial charge in [-0.1, -0.05) is 6.07 Å². The van der Waals surface area contributed by atoms with Crippen LogP contribution in [0.1, 0.15) is 22.3 Å². The Bertz CT molecular complexity index is 542. The summed E-state index contributed by atoms with van der Waals surface area (Å²) in [5.41, 5.74) is 2.10. The number of aromatic nitrogens is 1. The van der Waals surface area contributed by atoms with Gasteiger partial charge in [0.1, 0.15) is 5.82 Å². The van der Waals surface area contributed by atoms with Crippen molar-refractivity contribution < 1.29 is 4.39 Å². The molecule has 0 saturated carbocycles. The molecule has 2 nitrogen and oxygen atoms in total. The highest BCUT2D eigenvalue weighted by molar-refractivity contribution is 9.10. The summed E-state index contributed by atoms with van der Waals surface area (Å²) in [6.45, 7) is 1.99. The van der Waals surface area contributed by atoms with Crippen molar-refractivity contribution in [2.45, 2.75) is 19.4 Å². The quantitative estimate of drug-likeness (QED) is 0.921. The smallest absolute Gasteiger partial charge is 0.137 e. The second kappa shape index (κ2) is 5.91. The minimum absolute atomic E-state index is 0.146. The maximum absolute atomic E-state index is 13.2. The van der Waals surface area contributed by atoms with Gasteiger partial charge in [-0.25, -0.2) is 9.37 Å². The predicted molar refractivity (Wildman–Crippen MR) is 76.5 cm³/mol. The lowest BCUT2D eigenvalue weighted by Gasteiger charge is -2.15. The first-order chi connectivity index (χ1) is 8.60. The van der Waals surface area contributed by atoms with E-state index in [1.165, 1.54) is 6.07 Å². The molecule has 5 heteroatoms. The lowest BCUT2D eigenvalue weighted by Crippen LogP contribution is -2.18. The minimum atomic E-state index is -0.237. The largest absolute Gasteiger partial charge is 0.313 e. The Hall–Kier alpha value is -0.780. The van der Waals surface area contributed by atoms with Crippen molar-refractivity contribution in [1.29, 1.82) is 0 Å². The highest BCUT2D eigenvalue weighted by Gasteiger charge is 2.13. The molecule has 1 aromatic heterocycles. The van der Waals surface area contributed by atoms with Crippen LogP contribution in [-0.2, 0) is 6.42 Å². The first-order valence-electron chi connectivity index (χ1n) is 5.63. The number of halogens is 2. The summed E-state index contributed by atoms with van der Waals surface area (Å²) in [4.78, 5) is 4.46. The van der Waals surface area contributed by atoms with Crippen LogP contribution in [0, 0.1) is 12.7 Å². The zero-order valence-electron chi connectivity index (χ0n) is 10.2. The Kier molecular flexibility index (Phi) is 4.48. The summed E-state index contributed by atoms with van der Waals surface area (Å²) in [5, 5.41) is 6.38. The average Bonchev–Trinajstić information content (AvgIpc) is 2.75. The summed E-state index contributed by atoms with van der Waals surface area (Å²) in [7, 11) is 1.91. The van der Waals surface area contributed by atoms with E-state index in [1.807, 2.05) is 31.5 Å². The van der Waals surface area contributed by atoms with E-state index in [-0.39, 0.29) is 11.9 Å². The molecule has 18 heavy (non-hydrogen) atoms. The molecule has 2 aromatic rings. The van der Waals surface area contributed by atoms with E-state index < -0.39 is 0 Å². The number of benzene rings is 1. The maximum Gasteiger partial charge on any atom is 0.137 e. The topological polar surface area (TPSA) is 24.9 Å². The molecule has 1 heterocycles. The van der Waals surface area contributed by atoms with Crippen molar-refractivity contribution in [3.8, 4) is 0 Å². The zero-order valence-corrected chi connectivity index (χ0v) is 12.6. The lowest BCUT2D eigenvalue weighted by atomic mass is 10.0. The van der Waals surface area contributed by atoms with Crippen LogP contribution in [0.4, 0.5) is 4.39 Å². The number of likely N-dealkylation sites (N-methyl/N-ethyl adjacent to an activating group) is 1.